The van der Waals surface area contributed by atoms with Crippen LogP contribution < -0.4 is 37.5 Å². The average molecular weight is 691 g/mol. The fraction of sp³-hybridized carbons (Fsp3) is 0.514. The second-order valence-corrected chi connectivity index (χ2v) is 13.9. The Morgan fingerprint density at radius 1 is 0.840 bits per heavy atom. The van der Waals surface area contributed by atoms with Crippen molar-refractivity contribution < 1.29 is 38.8 Å². The van der Waals surface area contributed by atoms with E-state index in [1.165, 1.54) is 19.3 Å². The van der Waals surface area contributed by atoms with Crippen LogP contribution in [-0.2, 0) is 36.8 Å². The van der Waals surface area contributed by atoms with E-state index in [4.69, 9.17) is 26.1 Å². The van der Waals surface area contributed by atoms with Gasteiger partial charge in [-0.2, -0.15) is 0 Å². The van der Waals surface area contributed by atoms with E-state index in [-0.39, 0.29) is 18.8 Å². The Hall–Kier alpha value is -4.94. The molecule has 4 aliphatic carbocycles. The summed E-state index contributed by atoms with van der Waals surface area (Å²) in [6.07, 6.45) is 7.68. The van der Waals surface area contributed by atoms with Gasteiger partial charge in [-0.15, -0.1) is 0 Å². The maximum Gasteiger partial charge on any atom is 0.408 e. The van der Waals surface area contributed by atoms with Gasteiger partial charge in [0.05, 0.1) is 12.6 Å². The summed E-state index contributed by atoms with van der Waals surface area (Å²) in [5.41, 5.74) is 12.1. The van der Waals surface area contributed by atoms with E-state index in [1.807, 2.05) is 60.7 Å². The molecule has 8 N–H and O–H groups in total. The minimum Gasteiger partial charge on any atom is -0.550 e. The highest BCUT2D eigenvalue weighted by atomic mass is 16.6. The molecule has 4 saturated carbocycles. The molecule has 4 fully saturated rings. The molecule has 6 rings (SSSR count). The fourth-order valence-corrected chi connectivity index (χ4v) is 7.93. The van der Waals surface area contributed by atoms with Crippen molar-refractivity contribution in [1.29, 1.82) is 0 Å². The standard InChI is InChI=1S/C35H46N6O5.C2H4O2/c36-33(37)38-13-7-12-28(22-42)39-31(43)29(17-23-8-3-1-4-9-23)40-32(44)30(18-24-10-5-2-6-11-24)41-34(45)46-35-19-25-14-26(20-35)16-27(15-25)21-35;1-2(3)4/h1-6,8-11,22,25-30H,7,12-21H2,(H,39,43)(H,40,44)(H,41,45)(H4,36,37,38);1H3,(H,3,4)/t25?,26?,27?,28-,29-,30+,35?;/m0./s1. The van der Waals surface area contributed by atoms with E-state index in [2.05, 4.69) is 20.9 Å². The Balaban J connectivity index is 0.00000133. The molecule has 4 bridgehead atoms. The second-order valence-electron chi connectivity index (χ2n) is 13.9. The van der Waals surface area contributed by atoms with Crippen LogP contribution in [0.2, 0.25) is 0 Å². The van der Waals surface area contributed by atoms with Gasteiger partial charge in [-0.05, 0) is 87.2 Å². The number of nitrogens with two attached hydrogens (primary N) is 2. The first-order valence-corrected chi connectivity index (χ1v) is 17.4. The van der Waals surface area contributed by atoms with Crippen LogP contribution in [0.1, 0.15) is 69.4 Å². The smallest absolute Gasteiger partial charge is 0.408 e. The van der Waals surface area contributed by atoms with Crippen molar-refractivity contribution in [3.05, 3.63) is 71.8 Å². The number of rotatable bonds is 15. The van der Waals surface area contributed by atoms with Gasteiger partial charge in [0.25, 0.3) is 0 Å². The number of guanidine groups is 1. The molecule has 0 aliphatic heterocycles. The van der Waals surface area contributed by atoms with E-state index in [1.54, 1.807) is 0 Å². The largest absolute Gasteiger partial charge is 0.550 e. The summed E-state index contributed by atoms with van der Waals surface area (Å²) < 4.78 is 6.18. The lowest BCUT2D eigenvalue weighted by Gasteiger charge is -2.55. The van der Waals surface area contributed by atoms with Crippen molar-refractivity contribution in [3.8, 4) is 0 Å². The van der Waals surface area contributed by atoms with Gasteiger partial charge in [0, 0.05) is 18.8 Å². The van der Waals surface area contributed by atoms with Gasteiger partial charge < -0.3 is 35.4 Å². The predicted octanol–water partition coefficient (Wildman–Crippen LogP) is -0.406. The fourth-order valence-electron chi connectivity index (χ4n) is 7.93. The van der Waals surface area contributed by atoms with Crippen molar-refractivity contribution >= 4 is 36.1 Å². The van der Waals surface area contributed by atoms with E-state index in [9.17, 15) is 19.2 Å². The SMILES string of the molecule is CC(=O)[O-].NC(N)=[NH+]CCC[C@@H](C=O)NC(=O)[C@H](Cc1ccccc1)NC(=O)[C@@H](Cc1ccccc1)NC(=O)OC12CC3CC(CC(C3)C1)C2. The van der Waals surface area contributed by atoms with Gasteiger partial charge in [0.1, 0.15) is 24.0 Å². The zero-order valence-electron chi connectivity index (χ0n) is 28.6. The molecular formula is C37H50N6O7. The topological polar surface area (TPSA) is 220 Å². The van der Waals surface area contributed by atoms with Gasteiger partial charge >= 0.3 is 12.1 Å². The highest BCUT2D eigenvalue weighted by Gasteiger charge is 2.53. The molecule has 0 heterocycles. The first kappa shape index (κ1) is 37.9. The quantitative estimate of drug-likeness (QED) is 0.0619. The van der Waals surface area contributed by atoms with E-state index in [0.29, 0.717) is 43.4 Å². The van der Waals surface area contributed by atoms with E-state index >= 15 is 0 Å². The minimum atomic E-state index is -1.08. The van der Waals surface area contributed by atoms with Crippen LogP contribution in [0.25, 0.3) is 0 Å². The summed E-state index contributed by atoms with van der Waals surface area (Å²) in [6, 6.07) is 16.0. The lowest BCUT2D eigenvalue weighted by molar-refractivity contribution is -0.459. The molecule has 2 aromatic rings. The molecule has 0 aromatic heterocycles. The number of carbonyl (C=O) groups is 5. The van der Waals surface area contributed by atoms with Gasteiger partial charge in [0.15, 0.2) is 0 Å². The van der Waals surface area contributed by atoms with Crippen molar-refractivity contribution in [1.82, 2.24) is 16.0 Å². The molecule has 0 spiro atoms. The van der Waals surface area contributed by atoms with Gasteiger partial charge in [0.2, 0.25) is 11.8 Å². The summed E-state index contributed by atoms with van der Waals surface area (Å²) in [5.74, 6) is -0.210. The molecule has 3 atom stereocenters. The second kappa shape index (κ2) is 18.2. The Morgan fingerprint density at radius 2 is 1.30 bits per heavy atom. The van der Waals surface area contributed by atoms with Gasteiger partial charge in [-0.1, -0.05) is 60.7 Å². The summed E-state index contributed by atoms with van der Waals surface area (Å²) in [5, 5.41) is 17.4. The maximum absolute atomic E-state index is 13.9. The van der Waals surface area contributed by atoms with E-state index < -0.39 is 47.6 Å². The number of nitrogens with one attached hydrogen (secondary N) is 4. The van der Waals surface area contributed by atoms with Crippen LogP contribution in [0.15, 0.2) is 60.7 Å². The maximum atomic E-state index is 13.9. The van der Waals surface area contributed by atoms with Crippen LogP contribution in [0.4, 0.5) is 4.79 Å². The lowest BCUT2D eigenvalue weighted by atomic mass is 9.54. The number of aliphatic carboxylic acids is 1. The number of alkyl carbamates (subject to hydrolysis) is 1. The highest BCUT2D eigenvalue weighted by molar-refractivity contribution is 5.92. The number of amides is 3. The molecule has 0 radical (unpaired) electrons. The van der Waals surface area contributed by atoms with Crippen molar-refractivity contribution in [2.75, 3.05) is 6.54 Å². The van der Waals surface area contributed by atoms with Crippen LogP contribution in [-0.4, -0.2) is 66.4 Å². The molecule has 13 heteroatoms. The number of aldehydes is 1. The molecule has 4 aliphatic rings. The Kier molecular flexibility index (Phi) is 13.8. The molecule has 50 heavy (non-hydrogen) atoms. The van der Waals surface area contributed by atoms with Crippen molar-refractivity contribution in [2.45, 2.75) is 94.9 Å². The Morgan fingerprint density at radius 3 is 1.76 bits per heavy atom. The third-order valence-electron chi connectivity index (χ3n) is 9.61. The molecule has 270 valence electrons. The van der Waals surface area contributed by atoms with Crippen molar-refractivity contribution in [3.63, 3.8) is 0 Å². The van der Waals surface area contributed by atoms with Crippen LogP contribution >= 0.6 is 0 Å². The zero-order valence-corrected chi connectivity index (χ0v) is 28.6. The number of carboxylic acid groups (broad SMARTS) is 1. The molecule has 13 nitrogen and oxygen atoms in total. The number of hydrogen-bond donors (Lipinski definition) is 6. The predicted molar refractivity (Wildman–Crippen MR) is 184 cm³/mol. The first-order valence-electron chi connectivity index (χ1n) is 17.4. The number of hydrogen-bond acceptors (Lipinski definition) is 7. The van der Waals surface area contributed by atoms with Gasteiger partial charge in [-0.25, -0.2) is 4.79 Å². The third-order valence-corrected chi connectivity index (χ3v) is 9.61. The highest BCUT2D eigenvalue weighted by Crippen LogP contribution is 2.57. The van der Waals surface area contributed by atoms with Crippen LogP contribution in [0.5, 0.6) is 0 Å². The summed E-state index contributed by atoms with van der Waals surface area (Å²) in [7, 11) is 0. The van der Waals surface area contributed by atoms with Crippen LogP contribution in [0, 0.1) is 17.8 Å². The van der Waals surface area contributed by atoms with Crippen molar-refractivity contribution in [2.24, 2.45) is 29.2 Å². The van der Waals surface area contributed by atoms with E-state index in [0.717, 1.165) is 37.3 Å². The summed E-state index contributed by atoms with van der Waals surface area (Å²) in [6.45, 7) is 1.42. The third kappa shape index (κ3) is 11.9. The Labute approximate surface area is 293 Å². The summed E-state index contributed by atoms with van der Waals surface area (Å²) >= 11 is 0. The number of benzene rings is 2. The van der Waals surface area contributed by atoms with Crippen LogP contribution in [0.3, 0.4) is 0 Å². The summed E-state index contributed by atoms with van der Waals surface area (Å²) in [4.78, 5) is 64.4. The lowest BCUT2D eigenvalue weighted by Crippen LogP contribution is -2.78. The number of carboxylic acids is 1. The molecule has 0 unspecified atom stereocenters. The number of carbonyl (C=O) groups excluding carboxylic acids is 5. The molecule has 0 saturated heterocycles. The Bertz CT molecular complexity index is 1440. The average Bonchev–Trinajstić information content (AvgIpc) is 3.05. The molecule has 3 amide bonds. The minimum absolute atomic E-state index is 0.0813. The number of ether oxygens (including phenoxy) is 1. The first-order chi connectivity index (χ1) is 23.9. The normalized spacial score (nSPS) is 23.1. The zero-order chi connectivity index (χ0) is 36.1. The molecule has 2 aromatic carbocycles. The monoisotopic (exact) mass is 690 g/mol. The molecular weight excluding hydrogens is 640 g/mol. The van der Waals surface area contributed by atoms with Gasteiger partial charge in [-0.3, -0.25) is 26.0 Å².